The van der Waals surface area contributed by atoms with E-state index < -0.39 is 48.8 Å². The van der Waals surface area contributed by atoms with Crippen LogP contribution in [0, 0.1) is 0 Å². The number of carbonyl (C=O) groups is 4. The van der Waals surface area contributed by atoms with Crippen LogP contribution in [-0.4, -0.2) is 41.1 Å². The molecule has 0 aliphatic heterocycles. The second-order valence-electron chi connectivity index (χ2n) is 3.03. The maximum atomic E-state index is 9.74. The summed E-state index contributed by atoms with van der Waals surface area (Å²) in [5.41, 5.74) is 9.51. The van der Waals surface area contributed by atoms with Crippen LogP contribution >= 0.6 is 0 Å². The zero-order chi connectivity index (χ0) is 14.9. The van der Waals surface area contributed by atoms with Crippen LogP contribution in [0.3, 0.4) is 0 Å². The SMILES string of the molecule is N[C@@H](CC(=O)O)C(=O)[O-].N[C@@H](CC(=O)[O-])C(=O)[O-].[Fe+3]. The van der Waals surface area contributed by atoms with Crippen molar-refractivity contribution < 1.29 is 56.7 Å². The minimum atomic E-state index is -1.58. The number of hydrogen-bond donors (Lipinski definition) is 3. The van der Waals surface area contributed by atoms with Gasteiger partial charge in [-0.2, -0.15) is 0 Å². The van der Waals surface area contributed by atoms with E-state index in [-0.39, 0.29) is 17.1 Å². The van der Waals surface area contributed by atoms with Gasteiger partial charge in [-0.15, -0.1) is 0 Å². The van der Waals surface area contributed by atoms with Gasteiger partial charge in [0.05, 0.1) is 24.4 Å². The average Bonchev–Trinajstić information content (AvgIpc) is 2.16. The Hall–Kier alpha value is -1.68. The Kier molecular flexibility index (Phi) is 13.5. The molecular weight excluding hydrogens is 308 g/mol. The van der Waals surface area contributed by atoms with Crippen LogP contribution in [0.5, 0.6) is 0 Å². The molecule has 0 aliphatic carbocycles. The Balaban J connectivity index is -0.000000256. The van der Waals surface area contributed by atoms with Gasteiger partial charge in [-0.25, -0.2) is 0 Å². The average molecular weight is 319 g/mol. The van der Waals surface area contributed by atoms with Crippen LogP contribution in [0.1, 0.15) is 12.8 Å². The van der Waals surface area contributed by atoms with Gasteiger partial charge in [-0.3, -0.25) is 4.79 Å². The molecular formula is C8H11FeN2O8. The van der Waals surface area contributed by atoms with Crippen molar-refractivity contribution in [2.75, 3.05) is 0 Å². The zero-order valence-corrected chi connectivity index (χ0v) is 10.5. The molecule has 2 atom stereocenters. The van der Waals surface area contributed by atoms with Gasteiger partial charge in [0.1, 0.15) is 0 Å². The summed E-state index contributed by atoms with van der Waals surface area (Å²) in [6, 6.07) is -2.86. The molecule has 0 aliphatic rings. The molecule has 10 nitrogen and oxygen atoms in total. The van der Waals surface area contributed by atoms with Crippen molar-refractivity contribution in [3.63, 3.8) is 0 Å². The third kappa shape index (κ3) is 16.3. The van der Waals surface area contributed by atoms with Crippen molar-refractivity contribution in [1.82, 2.24) is 0 Å². The summed E-state index contributed by atoms with van der Waals surface area (Å²) < 4.78 is 0. The largest absolute Gasteiger partial charge is 3.00 e. The quantitative estimate of drug-likeness (QED) is 0.394. The fraction of sp³-hybridized carbons (Fsp3) is 0.500. The molecule has 0 aromatic heterocycles. The molecule has 0 aromatic carbocycles. The first kappa shape index (κ1) is 22.5. The van der Waals surface area contributed by atoms with Gasteiger partial charge in [-0.1, -0.05) is 0 Å². The monoisotopic (exact) mass is 319 g/mol. The van der Waals surface area contributed by atoms with E-state index in [0.29, 0.717) is 0 Å². The Labute approximate surface area is 117 Å². The van der Waals surface area contributed by atoms with E-state index in [4.69, 9.17) is 16.6 Å². The molecule has 5 N–H and O–H groups in total. The number of nitrogens with two attached hydrogens (primary N) is 2. The van der Waals surface area contributed by atoms with Gasteiger partial charge in [0.15, 0.2) is 0 Å². The van der Waals surface area contributed by atoms with Gasteiger partial charge in [-0.05, 0) is 0 Å². The van der Waals surface area contributed by atoms with Crippen molar-refractivity contribution in [2.45, 2.75) is 24.9 Å². The van der Waals surface area contributed by atoms with Crippen LogP contribution in [0.4, 0.5) is 0 Å². The van der Waals surface area contributed by atoms with E-state index in [1.807, 2.05) is 0 Å². The number of carboxylic acids is 4. The van der Waals surface area contributed by atoms with Crippen molar-refractivity contribution in [3.8, 4) is 0 Å². The Morgan fingerprint density at radius 1 is 0.895 bits per heavy atom. The number of aliphatic carboxylic acids is 4. The van der Waals surface area contributed by atoms with Crippen LogP contribution < -0.4 is 26.8 Å². The van der Waals surface area contributed by atoms with E-state index in [9.17, 15) is 34.5 Å². The maximum Gasteiger partial charge on any atom is 3.00 e. The van der Waals surface area contributed by atoms with Crippen LogP contribution in [-0.2, 0) is 36.2 Å². The number of rotatable bonds is 6. The molecule has 0 amide bonds. The topological polar surface area (TPSA) is 210 Å². The molecule has 11 heteroatoms. The Morgan fingerprint density at radius 3 is 1.32 bits per heavy atom. The third-order valence-corrected chi connectivity index (χ3v) is 1.39. The zero-order valence-electron chi connectivity index (χ0n) is 9.38. The van der Waals surface area contributed by atoms with Crippen molar-refractivity contribution in [2.24, 2.45) is 11.5 Å². The Bertz CT molecular complexity index is 303. The smallest absolute Gasteiger partial charge is 0.550 e. The van der Waals surface area contributed by atoms with Crippen LogP contribution in [0.25, 0.3) is 0 Å². The van der Waals surface area contributed by atoms with Crippen molar-refractivity contribution in [1.29, 1.82) is 0 Å². The molecule has 0 spiro atoms. The van der Waals surface area contributed by atoms with Gasteiger partial charge in [0.25, 0.3) is 0 Å². The van der Waals surface area contributed by atoms with E-state index in [0.717, 1.165) is 0 Å². The molecule has 19 heavy (non-hydrogen) atoms. The first-order valence-corrected chi connectivity index (χ1v) is 4.42. The second-order valence-corrected chi connectivity index (χ2v) is 3.03. The molecule has 0 saturated heterocycles. The molecule has 0 saturated carbocycles. The van der Waals surface area contributed by atoms with E-state index >= 15 is 0 Å². The normalized spacial score (nSPS) is 11.9. The Morgan fingerprint density at radius 2 is 1.21 bits per heavy atom. The molecule has 0 rings (SSSR count). The fourth-order valence-electron chi connectivity index (χ4n) is 0.534. The van der Waals surface area contributed by atoms with Crippen LogP contribution in [0.2, 0.25) is 0 Å². The van der Waals surface area contributed by atoms with Gasteiger partial charge < -0.3 is 46.3 Å². The number of carboxylic acid groups (broad SMARTS) is 4. The number of carbonyl (C=O) groups excluding carboxylic acids is 3. The second kappa shape index (κ2) is 11.4. The molecule has 0 bridgehead atoms. The van der Waals surface area contributed by atoms with Crippen molar-refractivity contribution >= 4 is 23.9 Å². The first-order valence-electron chi connectivity index (χ1n) is 4.42. The molecule has 0 unspecified atom stereocenters. The standard InChI is InChI=1S/2C4H7NO4.Fe/c2*5-2(4(8)9)1-3(6)7;/h2*2H,1,5H2,(H,6,7)(H,8,9);/q;;+3/p-3/t2*2-;/m00./s1. The van der Waals surface area contributed by atoms with Gasteiger partial charge in [0.2, 0.25) is 0 Å². The summed E-state index contributed by atoms with van der Waals surface area (Å²) >= 11 is 0. The molecule has 109 valence electrons. The summed E-state index contributed by atoms with van der Waals surface area (Å²) in [5.74, 6) is -5.87. The molecule has 0 aromatic rings. The first-order chi connectivity index (χ1) is 8.07. The van der Waals surface area contributed by atoms with Crippen molar-refractivity contribution in [3.05, 3.63) is 0 Å². The van der Waals surface area contributed by atoms with E-state index in [1.54, 1.807) is 0 Å². The minimum Gasteiger partial charge on any atom is -0.550 e. The number of hydrogen-bond acceptors (Lipinski definition) is 9. The fourth-order valence-corrected chi connectivity index (χ4v) is 0.534. The molecule has 0 heterocycles. The summed E-state index contributed by atoms with van der Waals surface area (Å²) in [4.78, 5) is 38.8. The summed E-state index contributed by atoms with van der Waals surface area (Å²) in [7, 11) is 0. The van der Waals surface area contributed by atoms with Crippen LogP contribution in [0.15, 0.2) is 0 Å². The molecule has 1 radical (unpaired) electrons. The summed E-state index contributed by atoms with van der Waals surface area (Å²) in [6.07, 6.45) is -1.30. The van der Waals surface area contributed by atoms with Gasteiger partial charge >= 0.3 is 23.0 Å². The van der Waals surface area contributed by atoms with E-state index in [1.165, 1.54) is 0 Å². The predicted octanol–water partition coefficient (Wildman–Crippen LogP) is -6.26. The summed E-state index contributed by atoms with van der Waals surface area (Å²) in [5, 5.41) is 37.0. The summed E-state index contributed by atoms with van der Waals surface area (Å²) in [6.45, 7) is 0. The molecule has 0 fully saturated rings. The minimum absolute atomic E-state index is 0. The van der Waals surface area contributed by atoms with E-state index in [2.05, 4.69) is 0 Å². The van der Waals surface area contributed by atoms with Gasteiger partial charge in [0, 0.05) is 18.4 Å². The third-order valence-electron chi connectivity index (χ3n) is 1.39. The maximum absolute atomic E-state index is 9.74. The predicted molar refractivity (Wildman–Crippen MR) is 47.8 cm³/mol.